The molecule has 8 nitrogen and oxygen atoms in total. The van der Waals surface area contributed by atoms with E-state index in [-0.39, 0.29) is 48.5 Å². The van der Waals surface area contributed by atoms with Crippen LogP contribution in [0.15, 0.2) is 56.4 Å². The third-order valence-electron chi connectivity index (χ3n) is 4.41. The normalized spacial score (nSPS) is 15.4. The average molecular weight is 470 g/mol. The minimum absolute atomic E-state index is 0.125. The lowest BCUT2D eigenvalue weighted by molar-refractivity contribution is -0.132. The number of piperazine rings is 1. The molecule has 0 unspecified atom stereocenters. The first-order valence-electron chi connectivity index (χ1n) is 8.73. The third-order valence-corrected chi connectivity index (χ3v) is 6.85. The van der Waals surface area contributed by atoms with Gasteiger partial charge in [0.1, 0.15) is 0 Å². The van der Waals surface area contributed by atoms with Gasteiger partial charge in [0, 0.05) is 43.6 Å². The topological polar surface area (TPSA) is 99.9 Å². The molecule has 0 spiro atoms. The number of sulfonamides is 1. The van der Waals surface area contributed by atoms with E-state index < -0.39 is 10.0 Å². The average Bonchev–Trinajstić information content (AvgIpc) is 3.23. The summed E-state index contributed by atoms with van der Waals surface area (Å²) in [4.78, 5) is 25.9. The molecule has 1 fully saturated rings. The number of carbonyl (C=O) groups is 2. The molecule has 2 heterocycles. The van der Waals surface area contributed by atoms with Gasteiger partial charge < -0.3 is 14.6 Å². The van der Waals surface area contributed by atoms with Gasteiger partial charge in [-0.25, -0.2) is 8.42 Å². The van der Waals surface area contributed by atoms with E-state index in [0.717, 1.165) is 4.47 Å². The van der Waals surface area contributed by atoms with Crippen LogP contribution in [0.5, 0.6) is 0 Å². The number of halogens is 1. The van der Waals surface area contributed by atoms with Crippen LogP contribution in [0.1, 0.15) is 17.0 Å². The van der Waals surface area contributed by atoms with E-state index in [1.54, 1.807) is 41.3 Å². The maximum atomic E-state index is 12.7. The highest BCUT2D eigenvalue weighted by Gasteiger charge is 2.29. The van der Waals surface area contributed by atoms with Crippen molar-refractivity contribution in [2.45, 2.75) is 11.3 Å². The molecule has 1 N–H and O–H groups in total. The predicted octanol–water partition coefficient (Wildman–Crippen LogP) is 1.70. The molecule has 0 saturated carbocycles. The Morgan fingerprint density at radius 3 is 2.36 bits per heavy atom. The second kappa shape index (κ2) is 8.89. The number of nitrogens with one attached hydrogen (secondary N) is 1. The fourth-order valence-electron chi connectivity index (χ4n) is 2.87. The second-order valence-corrected chi connectivity index (χ2v) is 9.08. The molecule has 0 atom stereocenters. The van der Waals surface area contributed by atoms with Crippen molar-refractivity contribution in [3.63, 3.8) is 0 Å². The van der Waals surface area contributed by atoms with Crippen LogP contribution in [-0.2, 0) is 14.8 Å². The lowest BCUT2D eigenvalue weighted by atomic mass is 10.3. The molecule has 0 bridgehead atoms. The molecular weight excluding hydrogens is 450 g/mol. The molecule has 1 aliphatic heterocycles. The van der Waals surface area contributed by atoms with Gasteiger partial charge in [-0.3, -0.25) is 9.59 Å². The Hall–Kier alpha value is -2.17. The molecule has 2 amide bonds. The quantitative estimate of drug-likeness (QED) is 0.693. The summed E-state index contributed by atoms with van der Waals surface area (Å²) in [5, 5.41) is 2.62. The number of benzene rings is 1. The van der Waals surface area contributed by atoms with Crippen LogP contribution in [0.4, 0.5) is 0 Å². The summed E-state index contributed by atoms with van der Waals surface area (Å²) >= 11 is 3.29. The van der Waals surface area contributed by atoms with Crippen LogP contribution in [0, 0.1) is 0 Å². The van der Waals surface area contributed by atoms with E-state index in [9.17, 15) is 18.0 Å². The zero-order valence-electron chi connectivity index (χ0n) is 15.0. The number of hydrogen-bond acceptors (Lipinski definition) is 5. The third kappa shape index (κ3) is 4.81. The molecule has 1 aliphatic rings. The molecule has 150 valence electrons. The summed E-state index contributed by atoms with van der Waals surface area (Å²) < 4.78 is 32.5. The molecule has 1 aromatic heterocycles. The van der Waals surface area contributed by atoms with E-state index in [2.05, 4.69) is 21.2 Å². The zero-order chi connectivity index (χ0) is 20.1. The van der Waals surface area contributed by atoms with Crippen molar-refractivity contribution < 1.29 is 22.4 Å². The summed E-state index contributed by atoms with van der Waals surface area (Å²) in [7, 11) is -3.57. The Morgan fingerprint density at radius 1 is 1.07 bits per heavy atom. The standard InChI is InChI=1S/C18H20BrN3O5S/c19-14-3-5-15(6-4-14)28(25,26)22-11-9-21(10-12-22)17(23)7-8-20-18(24)16-2-1-13-27-16/h1-6,13H,7-12H2,(H,20,24). The zero-order valence-corrected chi connectivity index (χ0v) is 17.4. The van der Waals surface area contributed by atoms with Gasteiger partial charge in [0.2, 0.25) is 15.9 Å². The molecule has 1 saturated heterocycles. The van der Waals surface area contributed by atoms with Crippen molar-refractivity contribution in [2.24, 2.45) is 0 Å². The molecule has 10 heteroatoms. The number of hydrogen-bond donors (Lipinski definition) is 1. The van der Waals surface area contributed by atoms with Crippen molar-refractivity contribution in [2.75, 3.05) is 32.7 Å². The van der Waals surface area contributed by atoms with Crippen molar-refractivity contribution in [3.8, 4) is 0 Å². The highest BCUT2D eigenvalue weighted by molar-refractivity contribution is 9.10. The highest BCUT2D eigenvalue weighted by atomic mass is 79.9. The van der Waals surface area contributed by atoms with Gasteiger partial charge >= 0.3 is 0 Å². The van der Waals surface area contributed by atoms with Crippen LogP contribution in [-0.4, -0.2) is 62.2 Å². The van der Waals surface area contributed by atoms with Gasteiger partial charge in [0.05, 0.1) is 11.2 Å². The monoisotopic (exact) mass is 469 g/mol. The lowest BCUT2D eigenvalue weighted by Crippen LogP contribution is -2.50. The number of amides is 2. The van der Waals surface area contributed by atoms with Crippen molar-refractivity contribution in [1.82, 2.24) is 14.5 Å². The first-order valence-corrected chi connectivity index (χ1v) is 11.0. The van der Waals surface area contributed by atoms with Crippen LogP contribution in [0.25, 0.3) is 0 Å². The molecule has 3 rings (SSSR count). The van der Waals surface area contributed by atoms with E-state index in [1.807, 2.05) is 0 Å². The minimum Gasteiger partial charge on any atom is -0.459 e. The van der Waals surface area contributed by atoms with Gasteiger partial charge in [-0.2, -0.15) is 4.31 Å². The smallest absolute Gasteiger partial charge is 0.286 e. The van der Waals surface area contributed by atoms with Crippen LogP contribution in [0.3, 0.4) is 0 Å². The number of furan rings is 1. The van der Waals surface area contributed by atoms with Crippen molar-refractivity contribution in [3.05, 3.63) is 52.9 Å². The summed E-state index contributed by atoms with van der Waals surface area (Å²) in [5.41, 5.74) is 0. The van der Waals surface area contributed by atoms with Gasteiger partial charge in [-0.05, 0) is 36.4 Å². The van der Waals surface area contributed by atoms with Crippen LogP contribution in [0.2, 0.25) is 0 Å². The molecule has 2 aromatic rings. The van der Waals surface area contributed by atoms with E-state index in [0.29, 0.717) is 13.1 Å². The molecule has 0 radical (unpaired) electrons. The number of nitrogens with zero attached hydrogens (tertiary/aromatic N) is 2. The molecule has 0 aliphatic carbocycles. The number of carbonyl (C=O) groups excluding carboxylic acids is 2. The van der Waals surface area contributed by atoms with Crippen LogP contribution >= 0.6 is 15.9 Å². The second-order valence-electron chi connectivity index (χ2n) is 6.22. The summed E-state index contributed by atoms with van der Waals surface area (Å²) in [6.45, 7) is 1.31. The van der Waals surface area contributed by atoms with E-state index >= 15 is 0 Å². The Morgan fingerprint density at radius 2 is 1.75 bits per heavy atom. The lowest BCUT2D eigenvalue weighted by Gasteiger charge is -2.34. The first-order chi connectivity index (χ1) is 13.4. The van der Waals surface area contributed by atoms with Gasteiger partial charge in [0.25, 0.3) is 5.91 Å². The Balaban J connectivity index is 1.47. The highest BCUT2D eigenvalue weighted by Crippen LogP contribution is 2.20. The summed E-state index contributed by atoms with van der Waals surface area (Å²) in [5.74, 6) is -0.303. The predicted molar refractivity (Wildman–Crippen MR) is 105 cm³/mol. The Bertz CT molecular complexity index is 921. The summed E-state index contributed by atoms with van der Waals surface area (Å²) in [6, 6.07) is 9.63. The minimum atomic E-state index is -3.57. The van der Waals surface area contributed by atoms with Gasteiger partial charge in [0.15, 0.2) is 5.76 Å². The molecule has 1 aromatic carbocycles. The first kappa shape index (κ1) is 20.6. The van der Waals surface area contributed by atoms with Crippen LogP contribution < -0.4 is 5.32 Å². The summed E-state index contributed by atoms with van der Waals surface area (Å²) in [6.07, 6.45) is 1.55. The largest absolute Gasteiger partial charge is 0.459 e. The Kier molecular flexibility index (Phi) is 6.53. The van der Waals surface area contributed by atoms with Crippen molar-refractivity contribution in [1.29, 1.82) is 0 Å². The number of rotatable bonds is 6. The molecule has 28 heavy (non-hydrogen) atoms. The maximum absolute atomic E-state index is 12.7. The Labute approximate surface area is 171 Å². The van der Waals surface area contributed by atoms with Gasteiger partial charge in [-0.15, -0.1) is 0 Å². The molecular formula is C18H20BrN3O5S. The van der Waals surface area contributed by atoms with Crippen molar-refractivity contribution >= 4 is 37.8 Å². The fraction of sp³-hybridized carbons (Fsp3) is 0.333. The SMILES string of the molecule is O=C(NCCC(=O)N1CCN(S(=O)(=O)c2ccc(Br)cc2)CC1)c1ccco1. The van der Waals surface area contributed by atoms with Gasteiger partial charge in [-0.1, -0.05) is 15.9 Å². The van der Waals surface area contributed by atoms with E-state index in [1.165, 1.54) is 10.6 Å². The maximum Gasteiger partial charge on any atom is 0.286 e. The van der Waals surface area contributed by atoms with E-state index in [4.69, 9.17) is 4.42 Å². The fourth-order valence-corrected chi connectivity index (χ4v) is 4.56.